The number of hydrogen-bond acceptors (Lipinski definition) is 3. The van der Waals surface area contributed by atoms with Gasteiger partial charge >= 0.3 is 0 Å². The zero-order chi connectivity index (χ0) is 14.5. The van der Waals surface area contributed by atoms with Crippen molar-refractivity contribution in [1.82, 2.24) is 5.32 Å². The third-order valence-corrected chi connectivity index (χ3v) is 3.83. The Hall–Kier alpha value is -1.85. The maximum atomic E-state index is 11.8. The van der Waals surface area contributed by atoms with Crippen molar-refractivity contribution in [2.24, 2.45) is 0 Å². The van der Waals surface area contributed by atoms with E-state index in [1.807, 2.05) is 12.3 Å². The van der Waals surface area contributed by atoms with Crippen LogP contribution in [0.1, 0.15) is 15.9 Å². The van der Waals surface area contributed by atoms with Crippen molar-refractivity contribution in [1.29, 1.82) is 0 Å². The fourth-order valence-electron chi connectivity index (χ4n) is 1.59. The van der Waals surface area contributed by atoms with Gasteiger partial charge in [0.2, 0.25) is 5.91 Å². The Morgan fingerprint density at radius 1 is 1.30 bits per heavy atom. The van der Waals surface area contributed by atoms with Gasteiger partial charge in [0.05, 0.1) is 6.54 Å². The summed E-state index contributed by atoms with van der Waals surface area (Å²) in [6.07, 6.45) is 0. The summed E-state index contributed by atoms with van der Waals surface area (Å²) in [7, 11) is 0. The highest BCUT2D eigenvalue weighted by molar-refractivity contribution is 7.08. The molecule has 0 unspecified atom stereocenters. The number of rotatable bonds is 4. The van der Waals surface area contributed by atoms with E-state index in [-0.39, 0.29) is 18.4 Å². The van der Waals surface area contributed by atoms with Gasteiger partial charge < -0.3 is 10.6 Å². The lowest BCUT2D eigenvalue weighted by molar-refractivity contribution is -0.115. The van der Waals surface area contributed by atoms with Gasteiger partial charge in [-0.15, -0.1) is 0 Å². The fourth-order valence-corrected chi connectivity index (χ4v) is 2.40. The SMILES string of the molecule is Cc1c(Cl)cccc1NC(=O)CNC(=O)c1ccsc1. The van der Waals surface area contributed by atoms with Gasteiger partial charge in [-0.25, -0.2) is 0 Å². The number of hydrogen-bond donors (Lipinski definition) is 2. The molecule has 2 aromatic rings. The van der Waals surface area contributed by atoms with Crippen molar-refractivity contribution in [3.8, 4) is 0 Å². The lowest BCUT2D eigenvalue weighted by Gasteiger charge is -2.09. The van der Waals surface area contributed by atoms with E-state index in [9.17, 15) is 9.59 Å². The van der Waals surface area contributed by atoms with E-state index in [2.05, 4.69) is 10.6 Å². The van der Waals surface area contributed by atoms with Gasteiger partial charge in [-0.2, -0.15) is 11.3 Å². The maximum absolute atomic E-state index is 11.8. The second kappa shape index (κ2) is 6.54. The van der Waals surface area contributed by atoms with Crippen molar-refractivity contribution in [3.63, 3.8) is 0 Å². The van der Waals surface area contributed by atoms with Crippen LogP contribution in [0.15, 0.2) is 35.0 Å². The number of amides is 2. The highest BCUT2D eigenvalue weighted by Crippen LogP contribution is 2.22. The average Bonchev–Trinajstić information content (AvgIpc) is 2.95. The molecule has 2 rings (SSSR count). The predicted octanol–water partition coefficient (Wildman–Crippen LogP) is 3.08. The van der Waals surface area contributed by atoms with Gasteiger partial charge in [0.25, 0.3) is 5.91 Å². The molecular formula is C14H13ClN2O2S. The first kappa shape index (κ1) is 14.6. The Labute approximate surface area is 125 Å². The maximum Gasteiger partial charge on any atom is 0.252 e. The molecule has 0 aliphatic rings. The largest absolute Gasteiger partial charge is 0.343 e. The highest BCUT2D eigenvalue weighted by Gasteiger charge is 2.10. The first-order chi connectivity index (χ1) is 9.58. The molecule has 20 heavy (non-hydrogen) atoms. The normalized spacial score (nSPS) is 10.1. The van der Waals surface area contributed by atoms with E-state index in [0.717, 1.165) is 5.56 Å². The first-order valence-electron chi connectivity index (χ1n) is 5.93. The van der Waals surface area contributed by atoms with Crippen LogP contribution in [0.25, 0.3) is 0 Å². The molecule has 6 heteroatoms. The molecule has 0 saturated heterocycles. The van der Waals surface area contributed by atoms with Crippen molar-refractivity contribution < 1.29 is 9.59 Å². The van der Waals surface area contributed by atoms with Crippen LogP contribution >= 0.6 is 22.9 Å². The zero-order valence-electron chi connectivity index (χ0n) is 10.8. The Bertz CT molecular complexity index is 626. The molecular weight excluding hydrogens is 296 g/mol. The third-order valence-electron chi connectivity index (χ3n) is 2.73. The van der Waals surface area contributed by atoms with Crippen LogP contribution in [0.4, 0.5) is 5.69 Å². The van der Waals surface area contributed by atoms with E-state index in [4.69, 9.17) is 11.6 Å². The topological polar surface area (TPSA) is 58.2 Å². The summed E-state index contributed by atoms with van der Waals surface area (Å²) in [5.74, 6) is -0.553. The van der Waals surface area contributed by atoms with Crippen LogP contribution in [0, 0.1) is 6.92 Å². The molecule has 2 amide bonds. The summed E-state index contributed by atoms with van der Waals surface area (Å²) >= 11 is 7.40. The number of anilines is 1. The first-order valence-corrected chi connectivity index (χ1v) is 7.25. The molecule has 0 aliphatic heterocycles. The zero-order valence-corrected chi connectivity index (χ0v) is 12.3. The molecule has 0 aliphatic carbocycles. The van der Waals surface area contributed by atoms with Gasteiger partial charge in [0.1, 0.15) is 0 Å². The van der Waals surface area contributed by atoms with Gasteiger partial charge in [-0.05, 0) is 36.1 Å². The smallest absolute Gasteiger partial charge is 0.252 e. The minimum atomic E-state index is -0.293. The number of carbonyl (C=O) groups excluding carboxylic acids is 2. The summed E-state index contributed by atoms with van der Waals surface area (Å²) in [5.41, 5.74) is 2.00. The van der Waals surface area contributed by atoms with Crippen molar-refractivity contribution in [2.75, 3.05) is 11.9 Å². The minimum Gasteiger partial charge on any atom is -0.343 e. The molecule has 0 radical (unpaired) electrons. The standard InChI is InChI=1S/C14H13ClN2O2S/c1-9-11(15)3-2-4-12(9)17-13(18)7-16-14(19)10-5-6-20-8-10/h2-6,8H,7H2,1H3,(H,16,19)(H,17,18). The van der Waals surface area contributed by atoms with Gasteiger partial charge in [0.15, 0.2) is 0 Å². The third kappa shape index (κ3) is 3.59. The Morgan fingerprint density at radius 3 is 2.80 bits per heavy atom. The van der Waals surface area contributed by atoms with Crippen LogP contribution in [0.5, 0.6) is 0 Å². The van der Waals surface area contributed by atoms with E-state index in [1.165, 1.54) is 11.3 Å². The molecule has 4 nitrogen and oxygen atoms in total. The summed E-state index contributed by atoms with van der Waals surface area (Å²) in [6, 6.07) is 6.98. The Morgan fingerprint density at radius 2 is 2.10 bits per heavy atom. The molecule has 0 bridgehead atoms. The molecule has 1 aromatic heterocycles. The van der Waals surface area contributed by atoms with Crippen molar-refractivity contribution >= 4 is 40.4 Å². The number of benzene rings is 1. The van der Waals surface area contributed by atoms with Crippen LogP contribution in [0.3, 0.4) is 0 Å². The molecule has 0 atom stereocenters. The van der Waals surface area contributed by atoms with E-state index >= 15 is 0 Å². The van der Waals surface area contributed by atoms with Crippen molar-refractivity contribution in [2.45, 2.75) is 6.92 Å². The van der Waals surface area contributed by atoms with Crippen LogP contribution < -0.4 is 10.6 Å². The summed E-state index contributed by atoms with van der Waals surface area (Å²) < 4.78 is 0. The lowest BCUT2D eigenvalue weighted by Crippen LogP contribution is -2.32. The summed E-state index contributed by atoms with van der Waals surface area (Å²) in [6.45, 7) is 1.74. The second-order valence-corrected chi connectivity index (χ2v) is 5.34. The molecule has 2 N–H and O–H groups in total. The predicted molar refractivity (Wildman–Crippen MR) is 81.5 cm³/mol. The quantitative estimate of drug-likeness (QED) is 0.912. The minimum absolute atomic E-state index is 0.0827. The van der Waals surface area contributed by atoms with Crippen LogP contribution in [-0.4, -0.2) is 18.4 Å². The summed E-state index contributed by atoms with van der Waals surface area (Å²) in [4.78, 5) is 23.5. The number of nitrogens with one attached hydrogen (secondary N) is 2. The number of carbonyl (C=O) groups is 2. The monoisotopic (exact) mass is 308 g/mol. The Balaban J connectivity index is 1.90. The fraction of sp³-hybridized carbons (Fsp3) is 0.143. The van der Waals surface area contributed by atoms with E-state index < -0.39 is 0 Å². The van der Waals surface area contributed by atoms with Gasteiger partial charge in [-0.3, -0.25) is 9.59 Å². The average molecular weight is 309 g/mol. The summed E-state index contributed by atoms with van der Waals surface area (Å²) in [5, 5.41) is 9.41. The Kier molecular flexibility index (Phi) is 4.76. The molecule has 0 saturated carbocycles. The molecule has 1 heterocycles. The number of thiophene rings is 1. The van der Waals surface area contributed by atoms with Gasteiger partial charge in [-0.1, -0.05) is 17.7 Å². The molecule has 104 valence electrons. The molecule has 0 spiro atoms. The van der Waals surface area contributed by atoms with Crippen LogP contribution in [-0.2, 0) is 4.79 Å². The second-order valence-electron chi connectivity index (χ2n) is 4.16. The molecule has 1 aromatic carbocycles. The van der Waals surface area contributed by atoms with Gasteiger partial charge in [0, 0.05) is 21.7 Å². The highest BCUT2D eigenvalue weighted by atomic mass is 35.5. The molecule has 0 fully saturated rings. The van der Waals surface area contributed by atoms with E-state index in [0.29, 0.717) is 16.3 Å². The van der Waals surface area contributed by atoms with E-state index in [1.54, 1.807) is 29.6 Å². The number of halogens is 1. The van der Waals surface area contributed by atoms with Crippen molar-refractivity contribution in [3.05, 3.63) is 51.2 Å². The lowest BCUT2D eigenvalue weighted by atomic mass is 10.2. The van der Waals surface area contributed by atoms with Crippen LogP contribution in [0.2, 0.25) is 5.02 Å².